The lowest BCUT2D eigenvalue weighted by Gasteiger charge is -2.22. The van der Waals surface area contributed by atoms with Crippen LogP contribution in [-0.2, 0) is 12.8 Å². The molecule has 1 heteroatoms. The monoisotopic (exact) mass is 201 g/mol. The molecule has 0 bridgehead atoms. The maximum atomic E-state index is 3.48. The van der Waals surface area contributed by atoms with Gasteiger partial charge in [0.1, 0.15) is 0 Å². The zero-order chi connectivity index (χ0) is 10.1. The highest BCUT2D eigenvalue weighted by atomic mass is 14.9. The van der Waals surface area contributed by atoms with Crippen molar-refractivity contribution in [3.05, 3.63) is 34.9 Å². The van der Waals surface area contributed by atoms with Gasteiger partial charge in [-0.1, -0.05) is 18.2 Å². The van der Waals surface area contributed by atoms with Gasteiger partial charge < -0.3 is 5.32 Å². The molecule has 0 radical (unpaired) electrons. The van der Waals surface area contributed by atoms with Crippen molar-refractivity contribution in [3.8, 4) is 0 Å². The van der Waals surface area contributed by atoms with Gasteiger partial charge in [0.25, 0.3) is 0 Å². The van der Waals surface area contributed by atoms with Crippen molar-refractivity contribution in [2.75, 3.05) is 13.1 Å². The minimum absolute atomic E-state index is 0.790. The van der Waals surface area contributed by atoms with Crippen molar-refractivity contribution in [2.24, 2.45) is 0 Å². The summed E-state index contributed by atoms with van der Waals surface area (Å²) in [6.45, 7) is 2.39. The van der Waals surface area contributed by atoms with Crippen LogP contribution in [0, 0.1) is 0 Å². The molecule has 3 rings (SSSR count). The maximum absolute atomic E-state index is 3.48. The summed E-state index contributed by atoms with van der Waals surface area (Å²) in [6.07, 6.45) is 6.74. The van der Waals surface area contributed by atoms with Gasteiger partial charge in [0.05, 0.1) is 0 Å². The highest BCUT2D eigenvalue weighted by Crippen LogP contribution is 2.31. The van der Waals surface area contributed by atoms with E-state index in [1.54, 1.807) is 16.7 Å². The average molecular weight is 201 g/mol. The Balaban J connectivity index is 1.99. The van der Waals surface area contributed by atoms with Crippen LogP contribution in [0.4, 0.5) is 0 Å². The molecule has 1 aliphatic heterocycles. The van der Waals surface area contributed by atoms with Gasteiger partial charge in [0.2, 0.25) is 0 Å². The summed E-state index contributed by atoms with van der Waals surface area (Å²) in [5, 5.41) is 3.48. The van der Waals surface area contributed by atoms with Gasteiger partial charge in [-0.2, -0.15) is 0 Å². The molecule has 1 fully saturated rings. The first-order valence-electron chi connectivity index (χ1n) is 6.26. The maximum Gasteiger partial charge on any atom is 0.00207 e. The summed E-state index contributed by atoms with van der Waals surface area (Å²) in [5.41, 5.74) is 4.97. The molecular formula is C14H19N. The average Bonchev–Trinajstić information content (AvgIpc) is 2.82. The molecule has 0 amide bonds. The van der Waals surface area contributed by atoms with E-state index in [2.05, 4.69) is 23.5 Å². The first-order valence-corrected chi connectivity index (χ1v) is 6.26. The van der Waals surface area contributed by atoms with Gasteiger partial charge in [-0.25, -0.2) is 0 Å². The van der Waals surface area contributed by atoms with Crippen LogP contribution in [0.2, 0.25) is 0 Å². The van der Waals surface area contributed by atoms with E-state index in [1.807, 2.05) is 0 Å². The molecule has 1 heterocycles. The van der Waals surface area contributed by atoms with Crippen LogP contribution in [-0.4, -0.2) is 13.1 Å². The largest absolute Gasteiger partial charge is 0.316 e. The van der Waals surface area contributed by atoms with Crippen LogP contribution in [0.15, 0.2) is 18.2 Å². The van der Waals surface area contributed by atoms with Gasteiger partial charge in [-0.05, 0) is 61.3 Å². The fourth-order valence-electron chi connectivity index (χ4n) is 3.11. The molecule has 80 valence electrons. The van der Waals surface area contributed by atoms with E-state index >= 15 is 0 Å². The van der Waals surface area contributed by atoms with Crippen molar-refractivity contribution >= 4 is 0 Å². The minimum Gasteiger partial charge on any atom is -0.316 e. The van der Waals surface area contributed by atoms with Crippen molar-refractivity contribution in [1.82, 2.24) is 5.32 Å². The molecule has 1 aromatic carbocycles. The smallest absolute Gasteiger partial charge is 0.00207 e. The molecule has 0 spiro atoms. The topological polar surface area (TPSA) is 12.0 Å². The lowest BCUT2D eigenvalue weighted by Crippen LogP contribution is -2.12. The predicted molar refractivity (Wildman–Crippen MR) is 63.3 cm³/mol. The minimum atomic E-state index is 0.790. The number of rotatable bonds is 1. The molecule has 1 aromatic rings. The van der Waals surface area contributed by atoms with E-state index in [1.165, 1.54) is 45.2 Å². The third-order valence-corrected chi connectivity index (χ3v) is 3.93. The number of hydrogen-bond acceptors (Lipinski definition) is 1. The highest BCUT2D eigenvalue weighted by Gasteiger charge is 2.21. The number of benzene rings is 1. The lowest BCUT2D eigenvalue weighted by molar-refractivity contribution is 0.661. The first-order chi connectivity index (χ1) is 7.45. The Hall–Kier alpha value is -0.820. The Labute approximate surface area is 91.9 Å². The summed E-state index contributed by atoms with van der Waals surface area (Å²) in [7, 11) is 0. The van der Waals surface area contributed by atoms with Gasteiger partial charge in [-0.15, -0.1) is 0 Å². The van der Waals surface area contributed by atoms with E-state index in [4.69, 9.17) is 0 Å². The zero-order valence-electron chi connectivity index (χ0n) is 9.26. The Bertz CT molecular complexity index is 350. The first kappa shape index (κ1) is 9.41. The standard InChI is InChI=1S/C14H19N/c1-2-6-13-11(4-1)5-3-7-14(13)12-8-9-15-10-12/h3,5,7,12,15H,1-2,4,6,8-10H2. The van der Waals surface area contributed by atoms with Crippen LogP contribution in [0.1, 0.15) is 41.9 Å². The van der Waals surface area contributed by atoms with Crippen molar-refractivity contribution in [2.45, 2.75) is 38.0 Å². The predicted octanol–water partition coefficient (Wildman–Crippen LogP) is 2.64. The SMILES string of the molecule is c1cc2c(c(C3CCNC3)c1)CCCC2. The molecule has 1 atom stereocenters. The van der Waals surface area contributed by atoms with E-state index < -0.39 is 0 Å². The fourth-order valence-corrected chi connectivity index (χ4v) is 3.11. The second-order valence-electron chi connectivity index (χ2n) is 4.88. The Morgan fingerprint density at radius 3 is 2.93 bits per heavy atom. The van der Waals surface area contributed by atoms with Crippen LogP contribution in [0.5, 0.6) is 0 Å². The summed E-state index contributed by atoms with van der Waals surface area (Å²) >= 11 is 0. The third kappa shape index (κ3) is 1.69. The summed E-state index contributed by atoms with van der Waals surface area (Å²) < 4.78 is 0. The number of hydrogen-bond donors (Lipinski definition) is 1. The Kier molecular flexibility index (Phi) is 2.49. The highest BCUT2D eigenvalue weighted by molar-refractivity contribution is 5.39. The number of fused-ring (bicyclic) bond motifs is 1. The van der Waals surface area contributed by atoms with E-state index in [-0.39, 0.29) is 0 Å². The second-order valence-corrected chi connectivity index (χ2v) is 4.88. The fraction of sp³-hybridized carbons (Fsp3) is 0.571. The van der Waals surface area contributed by atoms with Crippen molar-refractivity contribution in [3.63, 3.8) is 0 Å². The Morgan fingerprint density at radius 2 is 2.07 bits per heavy atom. The molecule has 0 aromatic heterocycles. The number of aryl methyl sites for hydroxylation is 1. The molecular weight excluding hydrogens is 182 g/mol. The normalized spacial score (nSPS) is 25.2. The lowest BCUT2D eigenvalue weighted by atomic mass is 9.83. The zero-order valence-corrected chi connectivity index (χ0v) is 9.26. The molecule has 1 saturated heterocycles. The van der Waals surface area contributed by atoms with E-state index in [0.717, 1.165) is 5.92 Å². The van der Waals surface area contributed by atoms with Crippen molar-refractivity contribution < 1.29 is 0 Å². The van der Waals surface area contributed by atoms with Crippen molar-refractivity contribution in [1.29, 1.82) is 0 Å². The number of nitrogens with one attached hydrogen (secondary N) is 1. The van der Waals surface area contributed by atoms with Gasteiger partial charge in [0, 0.05) is 6.54 Å². The van der Waals surface area contributed by atoms with Crippen LogP contribution >= 0.6 is 0 Å². The molecule has 15 heavy (non-hydrogen) atoms. The third-order valence-electron chi connectivity index (χ3n) is 3.93. The molecule has 2 aliphatic rings. The second kappa shape index (κ2) is 3.97. The molecule has 1 aliphatic carbocycles. The quantitative estimate of drug-likeness (QED) is 0.736. The van der Waals surface area contributed by atoms with Gasteiger partial charge in [0.15, 0.2) is 0 Å². The molecule has 1 unspecified atom stereocenters. The molecule has 0 saturated carbocycles. The Morgan fingerprint density at radius 1 is 1.13 bits per heavy atom. The molecule has 1 N–H and O–H groups in total. The van der Waals surface area contributed by atoms with Crippen LogP contribution in [0.25, 0.3) is 0 Å². The van der Waals surface area contributed by atoms with Crippen LogP contribution in [0.3, 0.4) is 0 Å². The van der Waals surface area contributed by atoms with Gasteiger partial charge in [-0.3, -0.25) is 0 Å². The van der Waals surface area contributed by atoms with E-state index in [9.17, 15) is 0 Å². The summed E-state index contributed by atoms with van der Waals surface area (Å²) in [4.78, 5) is 0. The summed E-state index contributed by atoms with van der Waals surface area (Å²) in [5.74, 6) is 0.790. The molecule has 1 nitrogen and oxygen atoms in total. The van der Waals surface area contributed by atoms with Crippen LogP contribution < -0.4 is 5.32 Å². The van der Waals surface area contributed by atoms with Gasteiger partial charge >= 0.3 is 0 Å². The summed E-state index contributed by atoms with van der Waals surface area (Å²) in [6, 6.07) is 6.96. The van der Waals surface area contributed by atoms with E-state index in [0.29, 0.717) is 0 Å².